The number of benzene rings is 2. The lowest BCUT2D eigenvalue weighted by Gasteiger charge is -2.45. The lowest BCUT2D eigenvalue weighted by atomic mass is 9.80. The molecule has 2 aromatic carbocycles. The number of nitrogens with one attached hydrogen (secondary N) is 1. The van der Waals surface area contributed by atoms with E-state index in [2.05, 4.69) is 10.2 Å². The van der Waals surface area contributed by atoms with Crippen molar-refractivity contribution in [3.05, 3.63) is 57.6 Å². The van der Waals surface area contributed by atoms with Gasteiger partial charge in [0.25, 0.3) is 5.69 Å². The quantitative estimate of drug-likeness (QED) is 0.524. The smallest absolute Gasteiger partial charge is 0.269 e. The zero-order valence-corrected chi connectivity index (χ0v) is 18.5. The lowest BCUT2D eigenvalue weighted by molar-refractivity contribution is -0.384. The molecule has 0 aromatic heterocycles. The van der Waals surface area contributed by atoms with Crippen LogP contribution in [0, 0.1) is 16.0 Å². The Kier molecular flexibility index (Phi) is 6.48. The van der Waals surface area contributed by atoms with Crippen LogP contribution in [0.1, 0.15) is 30.4 Å². The van der Waals surface area contributed by atoms with Crippen molar-refractivity contribution in [2.45, 2.75) is 38.1 Å². The van der Waals surface area contributed by atoms with Crippen molar-refractivity contribution < 1.29 is 19.2 Å². The fourth-order valence-corrected chi connectivity index (χ4v) is 4.94. The van der Waals surface area contributed by atoms with Crippen LogP contribution in [0.4, 0.5) is 11.4 Å². The number of methoxy groups -OCH3 is 2. The normalized spacial score (nSPS) is 19.5. The average Bonchev–Trinajstić information content (AvgIpc) is 2.82. The number of amides is 1. The minimum atomic E-state index is -0.374. The van der Waals surface area contributed by atoms with Gasteiger partial charge in [-0.2, -0.15) is 0 Å². The number of ether oxygens (including phenoxy) is 2. The largest absolute Gasteiger partial charge is 0.493 e. The van der Waals surface area contributed by atoms with Crippen LogP contribution in [0.5, 0.6) is 11.5 Å². The molecule has 0 bridgehead atoms. The molecule has 1 fully saturated rings. The molecule has 8 heteroatoms. The summed E-state index contributed by atoms with van der Waals surface area (Å²) < 4.78 is 10.6. The maximum atomic E-state index is 13.2. The third-order valence-electron chi connectivity index (χ3n) is 6.53. The molecule has 4 rings (SSSR count). The SMILES string of the molecule is COc1ccc(CCNC(=O)[C@H]2Cc3cc([N+](=O)[O-])ccc3N3CCCC[C@H]23)cc1OC. The number of hydrogen-bond acceptors (Lipinski definition) is 6. The highest BCUT2D eigenvalue weighted by molar-refractivity contribution is 5.82. The van der Waals surface area contributed by atoms with E-state index >= 15 is 0 Å². The summed E-state index contributed by atoms with van der Waals surface area (Å²) in [6.07, 6.45) is 4.33. The number of nitro groups is 1. The van der Waals surface area contributed by atoms with Crippen LogP contribution in [0.3, 0.4) is 0 Å². The van der Waals surface area contributed by atoms with Crippen LogP contribution in [0.25, 0.3) is 0 Å². The van der Waals surface area contributed by atoms with Crippen molar-refractivity contribution in [1.29, 1.82) is 0 Å². The molecule has 2 heterocycles. The third kappa shape index (κ3) is 4.35. The highest BCUT2D eigenvalue weighted by atomic mass is 16.6. The third-order valence-corrected chi connectivity index (χ3v) is 6.53. The van der Waals surface area contributed by atoms with E-state index in [1.165, 1.54) is 0 Å². The molecule has 0 saturated carbocycles. The Morgan fingerprint density at radius 3 is 2.72 bits per heavy atom. The van der Waals surface area contributed by atoms with Crippen LogP contribution in [-0.2, 0) is 17.6 Å². The first kappa shape index (κ1) is 21.9. The van der Waals surface area contributed by atoms with Gasteiger partial charge in [0.2, 0.25) is 5.91 Å². The molecule has 1 N–H and O–H groups in total. The molecule has 2 aliphatic heterocycles. The first-order valence-corrected chi connectivity index (χ1v) is 11.0. The number of carbonyl (C=O) groups excluding carboxylic acids is 1. The molecule has 0 spiro atoms. The van der Waals surface area contributed by atoms with Gasteiger partial charge in [0, 0.05) is 37.0 Å². The number of fused-ring (bicyclic) bond motifs is 3. The monoisotopic (exact) mass is 439 g/mol. The van der Waals surface area contributed by atoms with Crippen LogP contribution in [-0.4, -0.2) is 44.2 Å². The fourth-order valence-electron chi connectivity index (χ4n) is 4.94. The van der Waals surface area contributed by atoms with Crippen LogP contribution >= 0.6 is 0 Å². The van der Waals surface area contributed by atoms with E-state index in [-0.39, 0.29) is 28.5 Å². The second-order valence-electron chi connectivity index (χ2n) is 8.37. The van der Waals surface area contributed by atoms with Crippen LogP contribution in [0.15, 0.2) is 36.4 Å². The van der Waals surface area contributed by atoms with Gasteiger partial charge < -0.3 is 19.7 Å². The van der Waals surface area contributed by atoms with Crippen molar-refractivity contribution in [2.24, 2.45) is 5.92 Å². The number of nitrogens with zero attached hydrogens (tertiary/aromatic N) is 2. The van der Waals surface area contributed by atoms with Gasteiger partial charge in [-0.25, -0.2) is 0 Å². The van der Waals surface area contributed by atoms with Gasteiger partial charge in [-0.15, -0.1) is 0 Å². The lowest BCUT2D eigenvalue weighted by Crippen LogP contribution is -2.53. The summed E-state index contributed by atoms with van der Waals surface area (Å²) in [5.41, 5.74) is 3.05. The maximum absolute atomic E-state index is 13.2. The number of carbonyl (C=O) groups is 1. The number of anilines is 1. The Labute approximate surface area is 187 Å². The van der Waals surface area contributed by atoms with Gasteiger partial charge in [0.15, 0.2) is 11.5 Å². The topological polar surface area (TPSA) is 93.9 Å². The Morgan fingerprint density at radius 1 is 1.16 bits per heavy atom. The van der Waals surface area contributed by atoms with Gasteiger partial charge in [0.05, 0.1) is 25.1 Å². The summed E-state index contributed by atoms with van der Waals surface area (Å²) in [5, 5.41) is 14.3. The molecule has 2 atom stereocenters. The zero-order valence-electron chi connectivity index (χ0n) is 18.5. The van der Waals surface area contributed by atoms with Crippen molar-refractivity contribution in [1.82, 2.24) is 5.32 Å². The number of nitro benzene ring substituents is 1. The van der Waals surface area contributed by atoms with Crippen molar-refractivity contribution in [2.75, 3.05) is 32.2 Å². The van der Waals surface area contributed by atoms with Crippen molar-refractivity contribution in [3.63, 3.8) is 0 Å². The predicted octanol–water partition coefficient (Wildman–Crippen LogP) is 3.50. The van der Waals surface area contributed by atoms with Crippen molar-refractivity contribution in [3.8, 4) is 11.5 Å². The number of piperidine rings is 1. The molecule has 8 nitrogen and oxygen atoms in total. The van der Waals surface area contributed by atoms with E-state index in [9.17, 15) is 14.9 Å². The molecular weight excluding hydrogens is 410 g/mol. The molecule has 0 aliphatic carbocycles. The summed E-state index contributed by atoms with van der Waals surface area (Å²) >= 11 is 0. The molecule has 32 heavy (non-hydrogen) atoms. The molecular formula is C24H29N3O5. The molecule has 2 aromatic rings. The Balaban J connectivity index is 1.46. The molecule has 1 saturated heterocycles. The summed E-state index contributed by atoms with van der Waals surface area (Å²) in [6, 6.07) is 10.9. The number of non-ortho nitro benzene ring substituents is 1. The van der Waals surface area contributed by atoms with E-state index in [1.807, 2.05) is 24.3 Å². The van der Waals surface area contributed by atoms with Crippen LogP contribution in [0.2, 0.25) is 0 Å². The minimum absolute atomic E-state index is 0.0135. The molecule has 2 aliphatic rings. The van der Waals surface area contributed by atoms with Gasteiger partial charge in [-0.05, 0) is 61.4 Å². The second kappa shape index (κ2) is 9.46. The molecule has 0 radical (unpaired) electrons. The van der Waals surface area contributed by atoms with Crippen LogP contribution < -0.4 is 19.7 Å². The van der Waals surface area contributed by atoms with E-state index in [0.717, 1.165) is 42.6 Å². The maximum Gasteiger partial charge on any atom is 0.269 e. The average molecular weight is 440 g/mol. The van der Waals surface area contributed by atoms with E-state index in [4.69, 9.17) is 9.47 Å². The minimum Gasteiger partial charge on any atom is -0.493 e. The van der Waals surface area contributed by atoms with E-state index in [0.29, 0.717) is 30.9 Å². The fraction of sp³-hybridized carbons (Fsp3) is 0.458. The summed E-state index contributed by atoms with van der Waals surface area (Å²) in [4.78, 5) is 26.3. The summed E-state index contributed by atoms with van der Waals surface area (Å²) in [5.74, 6) is 1.14. The highest BCUT2D eigenvalue weighted by Crippen LogP contribution is 2.40. The Morgan fingerprint density at radius 2 is 1.97 bits per heavy atom. The van der Waals surface area contributed by atoms with E-state index < -0.39 is 0 Å². The number of rotatable bonds is 7. The molecule has 1 amide bonds. The first-order chi connectivity index (χ1) is 15.5. The van der Waals surface area contributed by atoms with E-state index in [1.54, 1.807) is 26.4 Å². The highest BCUT2D eigenvalue weighted by Gasteiger charge is 2.39. The summed E-state index contributed by atoms with van der Waals surface area (Å²) in [6.45, 7) is 1.39. The van der Waals surface area contributed by atoms with Gasteiger partial charge in [-0.1, -0.05) is 6.07 Å². The number of hydrogen-bond donors (Lipinski definition) is 1. The van der Waals surface area contributed by atoms with Crippen molar-refractivity contribution >= 4 is 17.3 Å². The predicted molar refractivity (Wildman–Crippen MR) is 122 cm³/mol. The molecule has 170 valence electrons. The Hall–Kier alpha value is -3.29. The molecule has 0 unspecified atom stereocenters. The first-order valence-electron chi connectivity index (χ1n) is 11.0. The summed E-state index contributed by atoms with van der Waals surface area (Å²) in [7, 11) is 3.20. The van der Waals surface area contributed by atoms with Gasteiger partial charge in [0.1, 0.15) is 0 Å². The standard InChI is InChI=1S/C24H29N3O5/c1-31-22-9-6-16(13-23(22)32-2)10-11-25-24(28)19-15-17-14-18(27(29)30)7-8-20(17)26-12-4-3-5-21(19)26/h6-9,13-14,19,21H,3-5,10-12,15H2,1-2H3,(H,25,28)/t19-,21+/m0/s1. The Bertz CT molecular complexity index is 1010. The van der Waals surface area contributed by atoms with Gasteiger partial charge in [-0.3, -0.25) is 14.9 Å². The second-order valence-corrected chi connectivity index (χ2v) is 8.37. The zero-order chi connectivity index (χ0) is 22.7. The van der Waals surface area contributed by atoms with Gasteiger partial charge >= 0.3 is 0 Å².